The van der Waals surface area contributed by atoms with Crippen LogP contribution in [0, 0.1) is 12.7 Å². The van der Waals surface area contributed by atoms with Crippen molar-refractivity contribution >= 4 is 0 Å². The molecule has 0 aliphatic heterocycles. The van der Waals surface area contributed by atoms with Gasteiger partial charge in [-0.05, 0) is 62.7 Å². The van der Waals surface area contributed by atoms with Crippen molar-refractivity contribution in [2.24, 2.45) is 0 Å². The van der Waals surface area contributed by atoms with E-state index in [1.807, 2.05) is 31.3 Å². The molecular weight excluding hydrogens is 371 g/mol. The first kappa shape index (κ1) is 23.1. The molecule has 0 aromatic heterocycles. The maximum Gasteiger partial charge on any atom is 0.161 e. The highest BCUT2D eigenvalue weighted by Crippen LogP contribution is 2.28. The zero-order valence-corrected chi connectivity index (χ0v) is 18.0. The van der Waals surface area contributed by atoms with Gasteiger partial charge in [0.05, 0.1) is 7.11 Å². The Labute approximate surface area is 173 Å². The van der Waals surface area contributed by atoms with E-state index in [9.17, 15) is 9.50 Å². The smallest absolute Gasteiger partial charge is 0.161 e. The summed E-state index contributed by atoms with van der Waals surface area (Å²) in [6, 6.07) is 11.3. The van der Waals surface area contributed by atoms with Crippen LogP contribution in [-0.4, -0.2) is 49.5 Å². The molecule has 2 aromatic carbocycles. The van der Waals surface area contributed by atoms with Gasteiger partial charge in [0.25, 0.3) is 0 Å². The standard InChI is InChI=1S/C23H33FN2O3/c1-16(2)26(4)14-20(27)15-29-22-9-8-19(11-23(22)28-5)13-25-12-18-7-6-17(3)21(24)10-18/h6-11,16,20,25,27H,12-15H2,1-5H3/t20-/m1/s1. The first-order chi connectivity index (χ1) is 13.8. The lowest BCUT2D eigenvalue weighted by molar-refractivity contribution is 0.0668. The molecule has 160 valence electrons. The molecule has 0 fully saturated rings. The quantitative estimate of drug-likeness (QED) is 0.600. The predicted molar refractivity (Wildman–Crippen MR) is 114 cm³/mol. The summed E-state index contributed by atoms with van der Waals surface area (Å²) in [6.45, 7) is 7.86. The van der Waals surface area contributed by atoms with Gasteiger partial charge < -0.3 is 24.8 Å². The predicted octanol–water partition coefficient (Wildman–Crippen LogP) is 3.51. The number of nitrogens with zero attached hydrogens (tertiary/aromatic N) is 1. The molecule has 0 unspecified atom stereocenters. The zero-order chi connectivity index (χ0) is 21.4. The fraction of sp³-hybridized carbons (Fsp3) is 0.478. The van der Waals surface area contributed by atoms with E-state index in [1.54, 1.807) is 26.2 Å². The van der Waals surface area contributed by atoms with E-state index in [1.165, 1.54) is 0 Å². The second kappa shape index (κ2) is 11.1. The Morgan fingerprint density at radius 3 is 2.34 bits per heavy atom. The first-order valence-corrected chi connectivity index (χ1v) is 9.94. The van der Waals surface area contributed by atoms with Crippen molar-refractivity contribution in [2.75, 3.05) is 27.3 Å². The Morgan fingerprint density at radius 1 is 1.07 bits per heavy atom. The summed E-state index contributed by atoms with van der Waals surface area (Å²) in [7, 11) is 3.57. The van der Waals surface area contributed by atoms with Crippen LogP contribution in [-0.2, 0) is 13.1 Å². The molecule has 0 aliphatic rings. The Kier molecular flexibility index (Phi) is 8.89. The zero-order valence-electron chi connectivity index (χ0n) is 18.0. The summed E-state index contributed by atoms with van der Waals surface area (Å²) in [5.41, 5.74) is 2.58. The van der Waals surface area contributed by atoms with Crippen molar-refractivity contribution in [1.82, 2.24) is 10.2 Å². The molecular formula is C23H33FN2O3. The largest absolute Gasteiger partial charge is 0.493 e. The molecule has 2 aromatic rings. The molecule has 2 rings (SSSR count). The van der Waals surface area contributed by atoms with Gasteiger partial charge in [-0.3, -0.25) is 0 Å². The number of aryl methyl sites for hydroxylation is 1. The van der Waals surface area contributed by atoms with Crippen molar-refractivity contribution in [3.05, 3.63) is 58.9 Å². The van der Waals surface area contributed by atoms with Crippen LogP contribution in [0.15, 0.2) is 36.4 Å². The topological polar surface area (TPSA) is 54.0 Å². The Morgan fingerprint density at radius 2 is 1.72 bits per heavy atom. The van der Waals surface area contributed by atoms with Gasteiger partial charge in [0, 0.05) is 25.7 Å². The summed E-state index contributed by atoms with van der Waals surface area (Å²) >= 11 is 0. The minimum absolute atomic E-state index is 0.186. The molecule has 0 spiro atoms. The molecule has 0 aliphatic carbocycles. The number of hydrogen-bond donors (Lipinski definition) is 2. The number of aliphatic hydroxyl groups excluding tert-OH is 1. The average Bonchev–Trinajstić information content (AvgIpc) is 2.69. The number of hydrogen-bond acceptors (Lipinski definition) is 5. The SMILES string of the molecule is COc1cc(CNCc2ccc(C)c(F)c2)ccc1OC[C@H](O)CN(C)C(C)C. The molecule has 0 saturated heterocycles. The molecule has 0 amide bonds. The van der Waals surface area contributed by atoms with E-state index in [2.05, 4.69) is 24.1 Å². The fourth-order valence-electron chi connectivity index (χ4n) is 2.82. The summed E-state index contributed by atoms with van der Waals surface area (Å²) in [5.74, 6) is 1.03. The van der Waals surface area contributed by atoms with Crippen LogP contribution >= 0.6 is 0 Å². The molecule has 0 heterocycles. The summed E-state index contributed by atoms with van der Waals surface area (Å²) in [6.07, 6.45) is -0.580. The summed E-state index contributed by atoms with van der Waals surface area (Å²) < 4.78 is 24.8. The van der Waals surface area contributed by atoms with Crippen molar-refractivity contribution in [3.8, 4) is 11.5 Å². The molecule has 0 saturated carbocycles. The van der Waals surface area contributed by atoms with Crippen LogP contribution in [0.5, 0.6) is 11.5 Å². The third-order valence-electron chi connectivity index (χ3n) is 4.93. The maximum absolute atomic E-state index is 13.6. The van der Waals surface area contributed by atoms with Gasteiger partial charge in [-0.15, -0.1) is 0 Å². The summed E-state index contributed by atoms with van der Waals surface area (Å²) in [4.78, 5) is 2.07. The van der Waals surface area contributed by atoms with Crippen LogP contribution in [0.4, 0.5) is 4.39 Å². The van der Waals surface area contributed by atoms with Crippen LogP contribution in [0.1, 0.15) is 30.5 Å². The first-order valence-electron chi connectivity index (χ1n) is 9.94. The van der Waals surface area contributed by atoms with Gasteiger partial charge in [0.15, 0.2) is 11.5 Å². The third-order valence-corrected chi connectivity index (χ3v) is 4.93. The number of aliphatic hydroxyl groups is 1. The lowest BCUT2D eigenvalue weighted by Gasteiger charge is -2.24. The number of methoxy groups -OCH3 is 1. The van der Waals surface area contributed by atoms with Crippen molar-refractivity contribution < 1.29 is 19.0 Å². The van der Waals surface area contributed by atoms with Gasteiger partial charge in [-0.25, -0.2) is 4.39 Å². The Bertz CT molecular complexity index is 783. The Hall–Kier alpha value is -2.15. The molecule has 6 heteroatoms. The molecule has 0 bridgehead atoms. The van der Waals surface area contributed by atoms with E-state index < -0.39 is 6.10 Å². The molecule has 5 nitrogen and oxygen atoms in total. The number of ether oxygens (including phenoxy) is 2. The Balaban J connectivity index is 1.88. The maximum atomic E-state index is 13.6. The molecule has 29 heavy (non-hydrogen) atoms. The van der Waals surface area contributed by atoms with E-state index in [-0.39, 0.29) is 12.4 Å². The van der Waals surface area contributed by atoms with Gasteiger partial charge in [0.2, 0.25) is 0 Å². The van der Waals surface area contributed by atoms with Gasteiger partial charge in [-0.2, -0.15) is 0 Å². The van der Waals surface area contributed by atoms with Crippen molar-refractivity contribution in [3.63, 3.8) is 0 Å². The lowest BCUT2D eigenvalue weighted by atomic mass is 10.1. The normalized spacial score (nSPS) is 12.4. The van der Waals surface area contributed by atoms with Crippen LogP contribution < -0.4 is 14.8 Å². The molecule has 1 atom stereocenters. The molecule has 0 radical (unpaired) electrons. The van der Waals surface area contributed by atoms with E-state index >= 15 is 0 Å². The molecule has 2 N–H and O–H groups in total. The second-order valence-electron chi connectivity index (χ2n) is 7.67. The van der Waals surface area contributed by atoms with E-state index in [4.69, 9.17) is 9.47 Å². The van der Waals surface area contributed by atoms with Gasteiger partial charge >= 0.3 is 0 Å². The minimum atomic E-state index is -0.580. The minimum Gasteiger partial charge on any atom is -0.493 e. The number of rotatable bonds is 11. The third kappa shape index (κ3) is 7.31. The van der Waals surface area contributed by atoms with Crippen molar-refractivity contribution in [2.45, 2.75) is 46.0 Å². The highest BCUT2D eigenvalue weighted by Gasteiger charge is 2.13. The second-order valence-corrected chi connectivity index (χ2v) is 7.67. The highest BCUT2D eigenvalue weighted by molar-refractivity contribution is 5.43. The number of likely N-dealkylation sites (N-methyl/N-ethyl adjacent to an activating group) is 1. The summed E-state index contributed by atoms with van der Waals surface area (Å²) in [5, 5.41) is 13.5. The van der Waals surface area contributed by atoms with Crippen LogP contribution in [0.3, 0.4) is 0 Å². The lowest BCUT2D eigenvalue weighted by Crippen LogP contribution is -2.36. The number of nitrogens with one attached hydrogen (secondary N) is 1. The number of halogens is 1. The number of benzene rings is 2. The van der Waals surface area contributed by atoms with Crippen molar-refractivity contribution in [1.29, 1.82) is 0 Å². The monoisotopic (exact) mass is 404 g/mol. The van der Waals surface area contributed by atoms with Gasteiger partial charge in [-0.1, -0.05) is 18.2 Å². The van der Waals surface area contributed by atoms with Crippen LogP contribution in [0.25, 0.3) is 0 Å². The average molecular weight is 405 g/mol. The van der Waals surface area contributed by atoms with Gasteiger partial charge in [0.1, 0.15) is 18.5 Å². The van der Waals surface area contributed by atoms with Crippen LogP contribution in [0.2, 0.25) is 0 Å². The highest BCUT2D eigenvalue weighted by atomic mass is 19.1. The fourth-order valence-corrected chi connectivity index (χ4v) is 2.82. The van der Waals surface area contributed by atoms with E-state index in [0.717, 1.165) is 11.1 Å². The van der Waals surface area contributed by atoms with E-state index in [0.29, 0.717) is 42.7 Å².